The van der Waals surface area contributed by atoms with Crippen LogP contribution in [0.1, 0.15) is 28.4 Å². The number of aryl methyl sites for hydroxylation is 2. The first kappa shape index (κ1) is 18.1. The second-order valence-corrected chi connectivity index (χ2v) is 8.46. The van der Waals surface area contributed by atoms with Gasteiger partial charge in [-0.3, -0.25) is 9.59 Å². The molecule has 0 aliphatic carbocycles. The van der Waals surface area contributed by atoms with Gasteiger partial charge in [-0.1, -0.05) is 24.6 Å². The van der Waals surface area contributed by atoms with E-state index in [0.29, 0.717) is 5.56 Å². The predicted octanol–water partition coefficient (Wildman–Crippen LogP) is 2.87. The molecule has 1 fully saturated rings. The van der Waals surface area contributed by atoms with E-state index in [-0.39, 0.29) is 17.3 Å². The largest absolute Gasteiger partial charge is 0.322 e. The van der Waals surface area contributed by atoms with Crippen LogP contribution in [0.25, 0.3) is 0 Å². The maximum absolute atomic E-state index is 12.4. The van der Waals surface area contributed by atoms with Gasteiger partial charge in [0.15, 0.2) is 0 Å². The molecule has 6 nitrogen and oxygen atoms in total. The molecule has 1 N–H and O–H groups in total. The van der Waals surface area contributed by atoms with Crippen LogP contribution in [0.4, 0.5) is 11.4 Å². The van der Waals surface area contributed by atoms with Crippen LogP contribution in [-0.4, -0.2) is 26.0 Å². The van der Waals surface area contributed by atoms with E-state index in [1.165, 1.54) is 24.3 Å². The lowest BCUT2D eigenvalue weighted by Crippen LogP contribution is -2.30. The van der Waals surface area contributed by atoms with Gasteiger partial charge in [0.05, 0.1) is 17.4 Å². The van der Waals surface area contributed by atoms with Crippen LogP contribution in [0.5, 0.6) is 0 Å². The molecule has 0 saturated carbocycles. The van der Waals surface area contributed by atoms with Gasteiger partial charge in [0.25, 0.3) is 5.91 Å². The quantitative estimate of drug-likeness (QED) is 0.898. The standard InChI is InChI=1S/C19H20N2O4S/c1-12-4-9-17(13(2)10-12)20-18(22)15-5-7-16(8-6-15)21-19(23)14(3)11-26(21,24)25/h4-10,14H,11H2,1-3H3,(H,20,22)/t14-/m0/s1. The third-order valence-electron chi connectivity index (χ3n) is 4.35. The smallest absolute Gasteiger partial charge is 0.255 e. The van der Waals surface area contributed by atoms with Crippen LogP contribution in [0.2, 0.25) is 0 Å². The van der Waals surface area contributed by atoms with Crippen molar-refractivity contribution in [3.63, 3.8) is 0 Å². The Bertz CT molecular complexity index is 981. The van der Waals surface area contributed by atoms with E-state index in [1.54, 1.807) is 6.92 Å². The molecule has 0 unspecified atom stereocenters. The summed E-state index contributed by atoms with van der Waals surface area (Å²) in [6.45, 7) is 5.48. The summed E-state index contributed by atoms with van der Waals surface area (Å²) in [7, 11) is -3.65. The van der Waals surface area contributed by atoms with Gasteiger partial charge in [0, 0.05) is 11.3 Å². The summed E-state index contributed by atoms with van der Waals surface area (Å²) in [6, 6.07) is 11.7. The number of rotatable bonds is 3. The fourth-order valence-electron chi connectivity index (χ4n) is 2.98. The van der Waals surface area contributed by atoms with E-state index in [9.17, 15) is 18.0 Å². The van der Waals surface area contributed by atoms with Crippen molar-refractivity contribution in [1.29, 1.82) is 0 Å². The van der Waals surface area contributed by atoms with Gasteiger partial charge in [0.2, 0.25) is 15.9 Å². The summed E-state index contributed by atoms with van der Waals surface area (Å²) < 4.78 is 25.1. The number of sulfonamides is 1. The van der Waals surface area contributed by atoms with E-state index in [4.69, 9.17) is 0 Å². The number of benzene rings is 2. The van der Waals surface area contributed by atoms with Crippen molar-refractivity contribution in [2.75, 3.05) is 15.4 Å². The van der Waals surface area contributed by atoms with Gasteiger partial charge < -0.3 is 5.32 Å². The van der Waals surface area contributed by atoms with Crippen LogP contribution >= 0.6 is 0 Å². The Morgan fingerprint density at radius 1 is 1.12 bits per heavy atom. The molecule has 26 heavy (non-hydrogen) atoms. The van der Waals surface area contributed by atoms with Crippen molar-refractivity contribution >= 4 is 33.2 Å². The monoisotopic (exact) mass is 372 g/mol. The molecule has 1 saturated heterocycles. The minimum atomic E-state index is -3.65. The second-order valence-electron chi connectivity index (χ2n) is 6.60. The Balaban J connectivity index is 1.81. The number of amides is 2. The number of hydrogen-bond acceptors (Lipinski definition) is 4. The fraction of sp³-hybridized carbons (Fsp3) is 0.263. The summed E-state index contributed by atoms with van der Waals surface area (Å²) in [6.07, 6.45) is 0. The number of carbonyl (C=O) groups excluding carboxylic acids is 2. The van der Waals surface area contributed by atoms with Crippen molar-refractivity contribution in [1.82, 2.24) is 0 Å². The van der Waals surface area contributed by atoms with Crippen LogP contribution in [0.3, 0.4) is 0 Å². The lowest BCUT2D eigenvalue weighted by atomic mass is 10.1. The summed E-state index contributed by atoms with van der Waals surface area (Å²) in [5, 5.41) is 2.84. The van der Waals surface area contributed by atoms with Crippen molar-refractivity contribution in [3.05, 3.63) is 59.2 Å². The highest BCUT2D eigenvalue weighted by atomic mass is 32.2. The van der Waals surface area contributed by atoms with Gasteiger partial charge in [0.1, 0.15) is 0 Å². The topological polar surface area (TPSA) is 83.6 Å². The van der Waals surface area contributed by atoms with Gasteiger partial charge in [-0.05, 0) is 49.7 Å². The molecule has 0 bridgehead atoms. The molecule has 0 aromatic heterocycles. The van der Waals surface area contributed by atoms with Crippen LogP contribution < -0.4 is 9.62 Å². The normalized spacial score (nSPS) is 18.8. The fourth-order valence-corrected chi connectivity index (χ4v) is 4.80. The molecule has 7 heteroatoms. The van der Waals surface area contributed by atoms with Crippen molar-refractivity contribution in [2.24, 2.45) is 5.92 Å². The second kappa shape index (κ2) is 6.57. The molecule has 2 aromatic carbocycles. The maximum atomic E-state index is 12.4. The average Bonchev–Trinajstić information content (AvgIpc) is 2.77. The Hall–Kier alpha value is -2.67. The molecular formula is C19H20N2O4S. The molecule has 2 amide bonds. The third kappa shape index (κ3) is 3.35. The molecule has 3 rings (SSSR count). The zero-order valence-corrected chi connectivity index (χ0v) is 15.6. The molecule has 0 radical (unpaired) electrons. The minimum Gasteiger partial charge on any atom is -0.322 e. The SMILES string of the molecule is Cc1ccc(NC(=O)c2ccc(N3C(=O)[C@@H](C)CS3(=O)=O)cc2)c(C)c1. The summed E-state index contributed by atoms with van der Waals surface area (Å²) in [4.78, 5) is 24.5. The summed E-state index contributed by atoms with van der Waals surface area (Å²) >= 11 is 0. The van der Waals surface area contributed by atoms with E-state index >= 15 is 0 Å². The minimum absolute atomic E-state index is 0.194. The first-order valence-corrected chi connectivity index (χ1v) is 9.85. The predicted molar refractivity (Wildman–Crippen MR) is 101 cm³/mol. The highest BCUT2D eigenvalue weighted by molar-refractivity contribution is 7.94. The molecule has 1 aliphatic heterocycles. The van der Waals surface area contributed by atoms with Gasteiger partial charge >= 0.3 is 0 Å². The molecule has 136 valence electrons. The van der Waals surface area contributed by atoms with Gasteiger partial charge in [-0.15, -0.1) is 0 Å². The van der Waals surface area contributed by atoms with Crippen molar-refractivity contribution < 1.29 is 18.0 Å². The molecule has 1 heterocycles. The molecule has 0 spiro atoms. The summed E-state index contributed by atoms with van der Waals surface area (Å²) in [5.74, 6) is -1.50. The molecular weight excluding hydrogens is 352 g/mol. The lowest BCUT2D eigenvalue weighted by molar-refractivity contribution is -0.119. The lowest BCUT2D eigenvalue weighted by Gasteiger charge is -2.15. The Labute approximate surface area is 152 Å². The van der Waals surface area contributed by atoms with E-state index in [2.05, 4.69) is 5.32 Å². The molecule has 1 atom stereocenters. The van der Waals surface area contributed by atoms with Gasteiger partial charge in [-0.25, -0.2) is 12.7 Å². The molecule has 1 aliphatic rings. The highest BCUT2D eigenvalue weighted by Gasteiger charge is 2.41. The first-order chi connectivity index (χ1) is 12.2. The summed E-state index contributed by atoms with van der Waals surface area (Å²) in [5.41, 5.74) is 3.41. The zero-order chi connectivity index (χ0) is 19.1. The van der Waals surface area contributed by atoms with Crippen molar-refractivity contribution in [2.45, 2.75) is 20.8 Å². The van der Waals surface area contributed by atoms with E-state index in [1.807, 2.05) is 32.0 Å². The van der Waals surface area contributed by atoms with Crippen molar-refractivity contribution in [3.8, 4) is 0 Å². The number of anilines is 2. The average molecular weight is 372 g/mol. The number of carbonyl (C=O) groups is 2. The number of nitrogens with zero attached hydrogens (tertiary/aromatic N) is 1. The van der Waals surface area contributed by atoms with Crippen LogP contribution in [0.15, 0.2) is 42.5 Å². The van der Waals surface area contributed by atoms with E-state index < -0.39 is 21.8 Å². The Morgan fingerprint density at radius 2 is 1.77 bits per heavy atom. The highest BCUT2D eigenvalue weighted by Crippen LogP contribution is 2.28. The van der Waals surface area contributed by atoms with Crippen LogP contribution in [-0.2, 0) is 14.8 Å². The number of nitrogens with one attached hydrogen (secondary N) is 1. The third-order valence-corrected chi connectivity index (χ3v) is 6.22. The Kier molecular flexibility index (Phi) is 4.58. The molecule has 2 aromatic rings. The van der Waals surface area contributed by atoms with Crippen LogP contribution in [0, 0.1) is 19.8 Å². The van der Waals surface area contributed by atoms with E-state index in [0.717, 1.165) is 21.1 Å². The van der Waals surface area contributed by atoms with Gasteiger partial charge in [-0.2, -0.15) is 0 Å². The first-order valence-electron chi connectivity index (χ1n) is 8.24. The Morgan fingerprint density at radius 3 is 2.31 bits per heavy atom. The number of hydrogen-bond donors (Lipinski definition) is 1. The maximum Gasteiger partial charge on any atom is 0.255 e. The zero-order valence-electron chi connectivity index (χ0n) is 14.8.